The molecule has 2 atom stereocenters. The average Bonchev–Trinajstić information content (AvgIpc) is 2.31. The Labute approximate surface area is 102 Å². The van der Waals surface area contributed by atoms with Gasteiger partial charge in [-0.25, -0.2) is 0 Å². The number of halogens is 1. The lowest BCUT2D eigenvalue weighted by atomic mass is 10.1. The van der Waals surface area contributed by atoms with Crippen molar-refractivity contribution in [1.82, 2.24) is 5.32 Å². The van der Waals surface area contributed by atoms with Crippen LogP contribution in [0.15, 0.2) is 24.3 Å². The highest BCUT2D eigenvalue weighted by molar-refractivity contribution is 6.30. The van der Waals surface area contributed by atoms with Crippen LogP contribution in [0.4, 0.5) is 0 Å². The molecule has 0 spiro atoms. The van der Waals surface area contributed by atoms with E-state index in [1.807, 2.05) is 12.1 Å². The first-order valence-electron chi connectivity index (χ1n) is 5.85. The maximum atomic E-state index is 5.87. The molecular formula is C13H18ClNO. The van der Waals surface area contributed by atoms with Crippen molar-refractivity contribution in [3.05, 3.63) is 34.9 Å². The standard InChI is InChI=1S/C13H18ClNO/c1-10(11-4-6-12(14)7-5-11)15-13-3-2-8-16-9-13/h4-7,10,13,15H,2-3,8-9H2,1H3. The molecule has 2 unspecified atom stereocenters. The summed E-state index contributed by atoms with van der Waals surface area (Å²) in [5.74, 6) is 0. The molecule has 2 nitrogen and oxygen atoms in total. The lowest BCUT2D eigenvalue weighted by Gasteiger charge is -2.27. The van der Waals surface area contributed by atoms with Gasteiger partial charge in [-0.3, -0.25) is 0 Å². The van der Waals surface area contributed by atoms with Gasteiger partial charge in [0.25, 0.3) is 0 Å². The van der Waals surface area contributed by atoms with Gasteiger partial charge in [-0.2, -0.15) is 0 Å². The Morgan fingerprint density at radius 2 is 2.12 bits per heavy atom. The van der Waals surface area contributed by atoms with Crippen molar-refractivity contribution in [3.63, 3.8) is 0 Å². The molecule has 1 heterocycles. The summed E-state index contributed by atoms with van der Waals surface area (Å²) >= 11 is 5.87. The molecule has 0 amide bonds. The summed E-state index contributed by atoms with van der Waals surface area (Å²) in [7, 11) is 0. The first-order chi connectivity index (χ1) is 7.75. The van der Waals surface area contributed by atoms with Crippen molar-refractivity contribution in [3.8, 4) is 0 Å². The summed E-state index contributed by atoms with van der Waals surface area (Å²) in [5, 5.41) is 4.38. The third-order valence-corrected chi connectivity index (χ3v) is 3.27. The minimum Gasteiger partial charge on any atom is -0.380 e. The van der Waals surface area contributed by atoms with Gasteiger partial charge in [0, 0.05) is 23.7 Å². The lowest BCUT2D eigenvalue weighted by Crippen LogP contribution is -2.38. The van der Waals surface area contributed by atoms with Crippen LogP contribution in [0.5, 0.6) is 0 Å². The molecule has 2 rings (SSSR count). The van der Waals surface area contributed by atoms with E-state index in [0.29, 0.717) is 12.1 Å². The molecule has 1 fully saturated rings. The van der Waals surface area contributed by atoms with Crippen molar-refractivity contribution in [2.75, 3.05) is 13.2 Å². The van der Waals surface area contributed by atoms with Crippen molar-refractivity contribution < 1.29 is 4.74 Å². The molecule has 3 heteroatoms. The summed E-state index contributed by atoms with van der Waals surface area (Å²) in [6.07, 6.45) is 2.36. The van der Waals surface area contributed by atoms with Gasteiger partial charge >= 0.3 is 0 Å². The number of nitrogens with one attached hydrogen (secondary N) is 1. The molecule has 0 aromatic heterocycles. The molecule has 1 aromatic carbocycles. The summed E-state index contributed by atoms with van der Waals surface area (Å²) in [6, 6.07) is 8.86. The van der Waals surface area contributed by atoms with E-state index in [1.165, 1.54) is 12.0 Å². The molecule has 1 aliphatic heterocycles. The molecule has 1 aliphatic rings. The van der Waals surface area contributed by atoms with Crippen LogP contribution in [0, 0.1) is 0 Å². The number of benzene rings is 1. The highest BCUT2D eigenvalue weighted by atomic mass is 35.5. The third-order valence-electron chi connectivity index (χ3n) is 3.02. The first-order valence-corrected chi connectivity index (χ1v) is 6.23. The molecule has 88 valence electrons. The molecular weight excluding hydrogens is 222 g/mol. The lowest BCUT2D eigenvalue weighted by molar-refractivity contribution is 0.0671. The maximum Gasteiger partial charge on any atom is 0.0619 e. The summed E-state index contributed by atoms with van der Waals surface area (Å²) in [5.41, 5.74) is 1.27. The normalized spacial score (nSPS) is 23.0. The quantitative estimate of drug-likeness (QED) is 0.875. The zero-order valence-corrected chi connectivity index (χ0v) is 10.3. The SMILES string of the molecule is CC(NC1CCCOC1)c1ccc(Cl)cc1. The van der Waals surface area contributed by atoms with E-state index in [1.54, 1.807) is 0 Å². The largest absolute Gasteiger partial charge is 0.380 e. The molecule has 0 bridgehead atoms. The Morgan fingerprint density at radius 1 is 1.38 bits per heavy atom. The Bertz CT molecular complexity index is 319. The van der Waals surface area contributed by atoms with Crippen LogP contribution in [-0.2, 0) is 4.74 Å². The zero-order chi connectivity index (χ0) is 11.4. The third kappa shape index (κ3) is 3.21. The van der Waals surface area contributed by atoms with Crippen LogP contribution < -0.4 is 5.32 Å². The molecule has 1 N–H and O–H groups in total. The molecule has 0 saturated carbocycles. The fourth-order valence-corrected chi connectivity index (χ4v) is 2.20. The predicted octanol–water partition coefficient (Wildman–Crippen LogP) is 3.17. The Balaban J connectivity index is 1.91. The van der Waals surface area contributed by atoms with Gasteiger partial charge in [-0.15, -0.1) is 0 Å². The summed E-state index contributed by atoms with van der Waals surface area (Å²) in [6.45, 7) is 3.92. The van der Waals surface area contributed by atoms with Crippen molar-refractivity contribution in [1.29, 1.82) is 0 Å². The van der Waals surface area contributed by atoms with Crippen LogP contribution in [0.3, 0.4) is 0 Å². The van der Waals surface area contributed by atoms with Crippen LogP contribution in [0.1, 0.15) is 31.4 Å². The second-order valence-corrected chi connectivity index (χ2v) is 4.79. The highest BCUT2D eigenvalue weighted by Gasteiger charge is 2.16. The van der Waals surface area contributed by atoms with Crippen LogP contribution in [-0.4, -0.2) is 19.3 Å². The monoisotopic (exact) mass is 239 g/mol. The second kappa shape index (κ2) is 5.67. The van der Waals surface area contributed by atoms with E-state index in [0.717, 1.165) is 24.7 Å². The van der Waals surface area contributed by atoms with Crippen LogP contribution in [0.25, 0.3) is 0 Å². The second-order valence-electron chi connectivity index (χ2n) is 4.35. The fourth-order valence-electron chi connectivity index (χ4n) is 2.07. The molecule has 1 aromatic rings. The average molecular weight is 240 g/mol. The Hall–Kier alpha value is -0.570. The number of hydrogen-bond donors (Lipinski definition) is 1. The van der Waals surface area contributed by atoms with Gasteiger partial charge in [0.15, 0.2) is 0 Å². The Morgan fingerprint density at radius 3 is 2.75 bits per heavy atom. The fraction of sp³-hybridized carbons (Fsp3) is 0.538. The predicted molar refractivity (Wildman–Crippen MR) is 66.8 cm³/mol. The van der Waals surface area contributed by atoms with E-state index >= 15 is 0 Å². The maximum absolute atomic E-state index is 5.87. The van der Waals surface area contributed by atoms with E-state index in [2.05, 4.69) is 24.4 Å². The van der Waals surface area contributed by atoms with Gasteiger partial charge in [0.1, 0.15) is 0 Å². The van der Waals surface area contributed by atoms with Gasteiger partial charge in [-0.05, 0) is 37.5 Å². The molecule has 16 heavy (non-hydrogen) atoms. The van der Waals surface area contributed by atoms with E-state index in [-0.39, 0.29) is 0 Å². The van der Waals surface area contributed by atoms with Gasteiger partial charge in [0.05, 0.1) is 6.61 Å². The molecule has 0 aliphatic carbocycles. The molecule has 0 radical (unpaired) electrons. The molecule has 1 saturated heterocycles. The minimum absolute atomic E-state index is 0.351. The number of ether oxygens (including phenoxy) is 1. The van der Waals surface area contributed by atoms with E-state index < -0.39 is 0 Å². The zero-order valence-electron chi connectivity index (χ0n) is 9.58. The smallest absolute Gasteiger partial charge is 0.0619 e. The van der Waals surface area contributed by atoms with Gasteiger partial charge < -0.3 is 10.1 Å². The van der Waals surface area contributed by atoms with Crippen molar-refractivity contribution in [2.45, 2.75) is 31.8 Å². The van der Waals surface area contributed by atoms with Gasteiger partial charge in [-0.1, -0.05) is 23.7 Å². The number of hydrogen-bond acceptors (Lipinski definition) is 2. The first kappa shape index (κ1) is 11.9. The van der Waals surface area contributed by atoms with Crippen molar-refractivity contribution >= 4 is 11.6 Å². The van der Waals surface area contributed by atoms with Gasteiger partial charge in [0.2, 0.25) is 0 Å². The van der Waals surface area contributed by atoms with E-state index in [4.69, 9.17) is 16.3 Å². The van der Waals surface area contributed by atoms with Crippen LogP contribution >= 0.6 is 11.6 Å². The topological polar surface area (TPSA) is 21.3 Å². The van der Waals surface area contributed by atoms with Crippen molar-refractivity contribution in [2.24, 2.45) is 0 Å². The summed E-state index contributed by atoms with van der Waals surface area (Å²) < 4.78 is 5.45. The Kier molecular flexibility index (Phi) is 4.22. The van der Waals surface area contributed by atoms with Crippen LogP contribution in [0.2, 0.25) is 5.02 Å². The number of rotatable bonds is 3. The summed E-state index contributed by atoms with van der Waals surface area (Å²) in [4.78, 5) is 0. The minimum atomic E-state index is 0.351. The highest BCUT2D eigenvalue weighted by Crippen LogP contribution is 2.18. The van der Waals surface area contributed by atoms with E-state index in [9.17, 15) is 0 Å².